The van der Waals surface area contributed by atoms with E-state index in [2.05, 4.69) is 5.32 Å². The number of ether oxygens (including phenoxy) is 1. The molecule has 2 aromatic carbocycles. The van der Waals surface area contributed by atoms with Gasteiger partial charge in [0.25, 0.3) is 5.91 Å². The molecule has 3 aromatic rings. The van der Waals surface area contributed by atoms with E-state index in [1.165, 1.54) is 6.07 Å². The van der Waals surface area contributed by atoms with Crippen molar-refractivity contribution in [2.75, 3.05) is 11.9 Å². The van der Waals surface area contributed by atoms with Crippen LogP contribution in [0.3, 0.4) is 0 Å². The molecule has 0 atom stereocenters. The number of nitrogens with one attached hydrogen (secondary N) is 1. The van der Waals surface area contributed by atoms with Gasteiger partial charge in [0.05, 0.1) is 6.61 Å². The minimum Gasteiger partial charge on any atom is -0.494 e. The van der Waals surface area contributed by atoms with E-state index >= 15 is 0 Å². The van der Waals surface area contributed by atoms with Gasteiger partial charge in [-0.1, -0.05) is 24.3 Å². The summed E-state index contributed by atoms with van der Waals surface area (Å²) in [4.78, 5) is 24.3. The maximum Gasteiger partial charge on any atom is 0.349 e. The fraction of sp³-hybridized carbons (Fsp3) is 0.111. The highest BCUT2D eigenvalue weighted by Crippen LogP contribution is 2.18. The summed E-state index contributed by atoms with van der Waals surface area (Å²) in [7, 11) is 0. The van der Waals surface area contributed by atoms with Crippen LogP contribution in [0, 0.1) is 0 Å². The first-order chi connectivity index (χ1) is 11.2. The number of carbonyl (C=O) groups is 1. The second-order valence-electron chi connectivity index (χ2n) is 4.90. The van der Waals surface area contributed by atoms with Crippen LogP contribution in [0.4, 0.5) is 5.69 Å². The summed E-state index contributed by atoms with van der Waals surface area (Å²) in [5.41, 5.74) is 0.300. The van der Waals surface area contributed by atoms with Crippen LogP contribution in [-0.4, -0.2) is 12.5 Å². The zero-order chi connectivity index (χ0) is 16.2. The van der Waals surface area contributed by atoms with E-state index < -0.39 is 11.5 Å². The topological polar surface area (TPSA) is 68.5 Å². The predicted molar refractivity (Wildman–Crippen MR) is 88.0 cm³/mol. The molecule has 0 bridgehead atoms. The van der Waals surface area contributed by atoms with Crippen LogP contribution in [-0.2, 0) is 0 Å². The third-order valence-corrected chi connectivity index (χ3v) is 3.29. The lowest BCUT2D eigenvalue weighted by molar-refractivity contribution is 0.102. The maximum atomic E-state index is 12.3. The van der Waals surface area contributed by atoms with Gasteiger partial charge >= 0.3 is 5.63 Å². The highest BCUT2D eigenvalue weighted by atomic mass is 16.5. The number of benzene rings is 2. The normalized spacial score (nSPS) is 10.5. The number of hydrogen-bond acceptors (Lipinski definition) is 4. The summed E-state index contributed by atoms with van der Waals surface area (Å²) in [6.45, 7) is 2.41. The molecule has 5 heteroatoms. The third kappa shape index (κ3) is 3.23. The van der Waals surface area contributed by atoms with Crippen LogP contribution in [0.1, 0.15) is 17.3 Å². The van der Waals surface area contributed by atoms with Gasteiger partial charge in [0.2, 0.25) is 0 Å². The lowest BCUT2D eigenvalue weighted by atomic mass is 10.1. The monoisotopic (exact) mass is 309 g/mol. The summed E-state index contributed by atoms with van der Waals surface area (Å²) < 4.78 is 10.6. The van der Waals surface area contributed by atoms with E-state index in [0.717, 1.165) is 0 Å². The zero-order valence-corrected chi connectivity index (χ0v) is 12.5. The van der Waals surface area contributed by atoms with Gasteiger partial charge < -0.3 is 14.5 Å². The number of fused-ring (bicyclic) bond motifs is 1. The fourth-order valence-corrected chi connectivity index (χ4v) is 2.25. The van der Waals surface area contributed by atoms with Crippen LogP contribution in [0.25, 0.3) is 11.0 Å². The Morgan fingerprint density at radius 1 is 1.13 bits per heavy atom. The number of amides is 1. The van der Waals surface area contributed by atoms with Crippen molar-refractivity contribution >= 4 is 22.6 Å². The summed E-state index contributed by atoms with van der Waals surface area (Å²) in [6.07, 6.45) is 0. The highest BCUT2D eigenvalue weighted by Gasteiger charge is 2.14. The van der Waals surface area contributed by atoms with E-state index in [1.54, 1.807) is 42.5 Å². The molecule has 116 valence electrons. The van der Waals surface area contributed by atoms with Crippen LogP contribution < -0.4 is 15.7 Å². The molecule has 0 aliphatic heterocycles. The van der Waals surface area contributed by atoms with E-state index in [0.29, 0.717) is 29.0 Å². The van der Waals surface area contributed by atoms with Gasteiger partial charge in [0.1, 0.15) is 16.9 Å². The fourth-order valence-electron chi connectivity index (χ4n) is 2.25. The van der Waals surface area contributed by atoms with Crippen molar-refractivity contribution in [3.8, 4) is 5.75 Å². The summed E-state index contributed by atoms with van der Waals surface area (Å²) in [5, 5.41) is 3.38. The summed E-state index contributed by atoms with van der Waals surface area (Å²) in [5.74, 6) is 0.133. The molecule has 0 aliphatic carbocycles. The van der Waals surface area contributed by atoms with Gasteiger partial charge in [-0.2, -0.15) is 0 Å². The molecule has 1 heterocycles. The number of anilines is 1. The molecular formula is C18H15NO4. The van der Waals surface area contributed by atoms with Crippen LogP contribution in [0.2, 0.25) is 0 Å². The molecule has 0 saturated carbocycles. The molecule has 0 spiro atoms. The number of carbonyl (C=O) groups excluding carboxylic acids is 1. The van der Waals surface area contributed by atoms with E-state index in [9.17, 15) is 9.59 Å². The minimum atomic E-state index is -0.665. The van der Waals surface area contributed by atoms with Crippen molar-refractivity contribution in [3.63, 3.8) is 0 Å². The largest absolute Gasteiger partial charge is 0.494 e. The lowest BCUT2D eigenvalue weighted by Gasteiger charge is -2.08. The van der Waals surface area contributed by atoms with Gasteiger partial charge in [-0.15, -0.1) is 0 Å². The Morgan fingerprint density at radius 3 is 2.78 bits per heavy atom. The van der Waals surface area contributed by atoms with E-state index in [1.807, 2.05) is 13.0 Å². The van der Waals surface area contributed by atoms with Crippen molar-refractivity contribution < 1.29 is 13.9 Å². The molecule has 5 nitrogen and oxygen atoms in total. The van der Waals surface area contributed by atoms with E-state index in [-0.39, 0.29) is 5.56 Å². The molecule has 0 radical (unpaired) electrons. The second-order valence-corrected chi connectivity index (χ2v) is 4.90. The first-order valence-electron chi connectivity index (χ1n) is 7.24. The molecule has 23 heavy (non-hydrogen) atoms. The highest BCUT2D eigenvalue weighted by molar-refractivity contribution is 6.05. The van der Waals surface area contributed by atoms with Crippen LogP contribution in [0.5, 0.6) is 5.75 Å². The molecule has 1 N–H and O–H groups in total. The molecule has 0 saturated heterocycles. The molecular weight excluding hydrogens is 294 g/mol. The Kier molecular flexibility index (Phi) is 4.10. The minimum absolute atomic E-state index is 0.0366. The van der Waals surface area contributed by atoms with Gasteiger partial charge in [-0.3, -0.25) is 4.79 Å². The Bertz CT molecular complexity index is 914. The summed E-state index contributed by atoms with van der Waals surface area (Å²) in [6, 6.07) is 15.6. The standard InChI is InChI=1S/C18H15NO4/c1-2-22-14-8-5-7-13(11-14)19-17(20)15-10-12-6-3-4-9-16(12)23-18(15)21/h3-11H,2H2,1H3,(H,19,20). The van der Waals surface area contributed by atoms with Crippen molar-refractivity contribution in [2.24, 2.45) is 0 Å². The summed E-state index contributed by atoms with van der Waals surface area (Å²) >= 11 is 0. The Morgan fingerprint density at radius 2 is 1.96 bits per heavy atom. The Balaban J connectivity index is 1.90. The van der Waals surface area contributed by atoms with Gasteiger partial charge in [-0.25, -0.2) is 4.79 Å². The molecule has 1 aromatic heterocycles. The van der Waals surface area contributed by atoms with Crippen LogP contribution >= 0.6 is 0 Å². The van der Waals surface area contributed by atoms with Crippen molar-refractivity contribution in [1.82, 2.24) is 0 Å². The molecule has 0 unspecified atom stereocenters. The quantitative estimate of drug-likeness (QED) is 0.750. The Hall–Kier alpha value is -3.08. The van der Waals surface area contributed by atoms with E-state index in [4.69, 9.17) is 9.15 Å². The Labute approximate surface area is 132 Å². The molecule has 0 aliphatic rings. The third-order valence-electron chi connectivity index (χ3n) is 3.29. The average molecular weight is 309 g/mol. The molecule has 0 fully saturated rings. The first kappa shape index (κ1) is 14.8. The van der Waals surface area contributed by atoms with Gasteiger partial charge in [0, 0.05) is 17.1 Å². The molecule has 1 amide bonds. The second kappa shape index (κ2) is 6.36. The number of hydrogen-bond donors (Lipinski definition) is 1. The van der Waals surface area contributed by atoms with Crippen molar-refractivity contribution in [1.29, 1.82) is 0 Å². The molecule has 3 rings (SSSR count). The van der Waals surface area contributed by atoms with Gasteiger partial charge in [-0.05, 0) is 31.2 Å². The lowest BCUT2D eigenvalue weighted by Crippen LogP contribution is -2.20. The van der Waals surface area contributed by atoms with Gasteiger partial charge in [0.15, 0.2) is 0 Å². The average Bonchev–Trinajstić information content (AvgIpc) is 2.55. The smallest absolute Gasteiger partial charge is 0.349 e. The SMILES string of the molecule is CCOc1cccc(NC(=O)c2cc3ccccc3oc2=O)c1. The van der Waals surface area contributed by atoms with Crippen LogP contribution in [0.15, 0.2) is 63.8 Å². The number of rotatable bonds is 4. The maximum absolute atomic E-state index is 12.3. The zero-order valence-electron chi connectivity index (χ0n) is 12.5. The first-order valence-corrected chi connectivity index (χ1v) is 7.24. The number of para-hydroxylation sites is 1. The predicted octanol–water partition coefficient (Wildman–Crippen LogP) is 3.44. The van der Waals surface area contributed by atoms with Crippen molar-refractivity contribution in [2.45, 2.75) is 6.92 Å². The van der Waals surface area contributed by atoms with Crippen molar-refractivity contribution in [3.05, 3.63) is 70.6 Å².